The Balaban J connectivity index is 1.54. The van der Waals surface area contributed by atoms with Crippen LogP contribution in [-0.4, -0.2) is 53.3 Å². The number of carbonyl (C=O) groups excluding carboxylic acids is 2. The lowest BCUT2D eigenvalue weighted by atomic mass is 9.98. The Kier molecular flexibility index (Phi) is 4.12. The van der Waals surface area contributed by atoms with Crippen molar-refractivity contribution >= 4 is 28.6 Å². The predicted molar refractivity (Wildman–Crippen MR) is 91.1 cm³/mol. The van der Waals surface area contributed by atoms with Crippen molar-refractivity contribution in [2.45, 2.75) is 19.3 Å². The highest BCUT2D eigenvalue weighted by atomic mass is 32.1. The van der Waals surface area contributed by atoms with Gasteiger partial charge in [0.05, 0.1) is 24.9 Å². The molecule has 0 spiro atoms. The number of fused-ring (bicyclic) bond motifs is 1. The first-order valence-electron chi connectivity index (χ1n) is 8.10. The van der Waals surface area contributed by atoms with Gasteiger partial charge in [0.15, 0.2) is 16.6 Å². The van der Waals surface area contributed by atoms with Crippen LogP contribution in [0.4, 0.5) is 0 Å². The summed E-state index contributed by atoms with van der Waals surface area (Å²) in [5.74, 6) is 0.266. The number of likely N-dealkylation sites (tertiary alicyclic amines) is 1. The summed E-state index contributed by atoms with van der Waals surface area (Å²) in [4.78, 5) is 36.4. The number of thiazole rings is 1. The minimum Gasteiger partial charge on any atom is -0.462 e. The molecule has 1 fully saturated rings. The largest absolute Gasteiger partial charge is 0.462 e. The van der Waals surface area contributed by atoms with Gasteiger partial charge in [-0.25, -0.2) is 4.98 Å². The number of furan rings is 1. The summed E-state index contributed by atoms with van der Waals surface area (Å²) in [6, 6.07) is 3.52. The fraction of sp³-hybridized carbons (Fsp3) is 0.412. The van der Waals surface area contributed by atoms with Crippen molar-refractivity contribution in [1.82, 2.24) is 9.88 Å². The van der Waals surface area contributed by atoms with Gasteiger partial charge in [-0.1, -0.05) is 0 Å². The smallest absolute Gasteiger partial charge is 0.227 e. The standard InChI is InChI=1S/C17H17N3O3S/c21-12-10-11(18-5-8-20-6-1-2-7-20)15(22)14-16(12)24-17(19-14)13-4-3-9-23-13/h3-4,9H,1-2,5-8,10H2. The van der Waals surface area contributed by atoms with Gasteiger partial charge in [0.1, 0.15) is 10.6 Å². The van der Waals surface area contributed by atoms with E-state index in [1.54, 1.807) is 18.4 Å². The third-order valence-electron chi connectivity index (χ3n) is 4.34. The van der Waals surface area contributed by atoms with Crippen LogP contribution in [0.2, 0.25) is 0 Å². The van der Waals surface area contributed by atoms with Crippen LogP contribution < -0.4 is 0 Å². The molecule has 0 unspecified atom stereocenters. The lowest BCUT2D eigenvalue weighted by Crippen LogP contribution is -2.28. The average Bonchev–Trinajstić information content (AvgIpc) is 3.31. The first-order valence-corrected chi connectivity index (χ1v) is 8.92. The van der Waals surface area contributed by atoms with Crippen LogP contribution in [0.1, 0.15) is 39.4 Å². The van der Waals surface area contributed by atoms with E-state index in [1.165, 1.54) is 24.2 Å². The second-order valence-electron chi connectivity index (χ2n) is 5.98. The summed E-state index contributed by atoms with van der Waals surface area (Å²) in [5.41, 5.74) is 0.561. The molecule has 2 aromatic heterocycles. The quantitative estimate of drug-likeness (QED) is 0.853. The van der Waals surface area contributed by atoms with Crippen molar-refractivity contribution in [2.75, 3.05) is 26.2 Å². The molecule has 0 bridgehead atoms. The summed E-state index contributed by atoms with van der Waals surface area (Å²) in [6.07, 6.45) is 4.08. The molecule has 6 nitrogen and oxygen atoms in total. The molecule has 1 saturated heterocycles. The first kappa shape index (κ1) is 15.4. The second kappa shape index (κ2) is 6.41. The Hall–Kier alpha value is -2.12. The van der Waals surface area contributed by atoms with E-state index in [9.17, 15) is 9.59 Å². The number of ketones is 2. The molecule has 0 saturated carbocycles. The minimum atomic E-state index is -0.222. The van der Waals surface area contributed by atoms with E-state index in [4.69, 9.17) is 4.42 Å². The highest BCUT2D eigenvalue weighted by Gasteiger charge is 2.33. The van der Waals surface area contributed by atoms with Gasteiger partial charge in [-0.15, -0.1) is 11.3 Å². The van der Waals surface area contributed by atoms with Crippen LogP contribution in [0.25, 0.3) is 10.8 Å². The number of aromatic nitrogens is 1. The fourth-order valence-corrected chi connectivity index (χ4v) is 4.05. The van der Waals surface area contributed by atoms with Gasteiger partial charge in [0, 0.05) is 6.54 Å². The molecule has 1 aliphatic carbocycles. The van der Waals surface area contributed by atoms with Gasteiger partial charge in [-0.3, -0.25) is 14.6 Å². The number of rotatable bonds is 4. The van der Waals surface area contributed by atoms with Crippen molar-refractivity contribution in [1.29, 1.82) is 0 Å². The monoisotopic (exact) mass is 343 g/mol. The molecule has 24 heavy (non-hydrogen) atoms. The number of carbonyl (C=O) groups is 2. The Bertz CT molecular complexity index is 801. The molecule has 124 valence electrons. The number of nitrogens with zero attached hydrogens (tertiary/aromatic N) is 3. The van der Waals surface area contributed by atoms with Crippen molar-refractivity contribution in [3.05, 3.63) is 29.0 Å². The van der Waals surface area contributed by atoms with Crippen molar-refractivity contribution in [2.24, 2.45) is 4.99 Å². The Morgan fingerprint density at radius 1 is 1.29 bits per heavy atom. The van der Waals surface area contributed by atoms with Crippen LogP contribution in [-0.2, 0) is 0 Å². The zero-order valence-corrected chi connectivity index (χ0v) is 14.0. The van der Waals surface area contributed by atoms with Crippen LogP contribution in [0.3, 0.4) is 0 Å². The molecule has 7 heteroatoms. The van der Waals surface area contributed by atoms with Crippen molar-refractivity contribution in [3.63, 3.8) is 0 Å². The molecule has 1 aliphatic heterocycles. The maximum atomic E-state index is 12.6. The number of hydrogen-bond acceptors (Lipinski definition) is 7. The molecule has 3 heterocycles. The molecule has 0 atom stereocenters. The summed E-state index contributed by atoms with van der Waals surface area (Å²) in [7, 11) is 0. The molecule has 4 rings (SSSR count). The highest BCUT2D eigenvalue weighted by Crippen LogP contribution is 2.32. The molecular weight excluding hydrogens is 326 g/mol. The fourth-order valence-electron chi connectivity index (χ4n) is 3.08. The second-order valence-corrected chi connectivity index (χ2v) is 6.98. The molecule has 2 aromatic rings. The third kappa shape index (κ3) is 2.85. The van der Waals surface area contributed by atoms with Gasteiger partial charge in [-0.05, 0) is 38.1 Å². The van der Waals surface area contributed by atoms with Crippen LogP contribution >= 0.6 is 11.3 Å². The van der Waals surface area contributed by atoms with Gasteiger partial charge >= 0.3 is 0 Å². The Morgan fingerprint density at radius 3 is 2.88 bits per heavy atom. The molecule has 0 radical (unpaired) electrons. The molecule has 2 aliphatic rings. The summed E-state index contributed by atoms with van der Waals surface area (Å²) in [5, 5.41) is 0.560. The van der Waals surface area contributed by atoms with E-state index >= 15 is 0 Å². The zero-order valence-electron chi connectivity index (χ0n) is 13.2. The maximum Gasteiger partial charge on any atom is 0.227 e. The van der Waals surface area contributed by atoms with Crippen LogP contribution in [0.15, 0.2) is 27.8 Å². The van der Waals surface area contributed by atoms with Gasteiger partial charge in [0.2, 0.25) is 5.78 Å². The van der Waals surface area contributed by atoms with E-state index in [0.29, 0.717) is 27.9 Å². The normalized spacial score (nSPS) is 20.1. The zero-order chi connectivity index (χ0) is 16.5. The van der Waals surface area contributed by atoms with Crippen molar-refractivity contribution in [3.8, 4) is 10.8 Å². The number of Topliss-reactive ketones (excluding diaryl/α,β-unsaturated/α-hetero) is 2. The van der Waals surface area contributed by atoms with E-state index in [2.05, 4.69) is 14.9 Å². The first-order chi connectivity index (χ1) is 11.7. The Morgan fingerprint density at radius 2 is 2.12 bits per heavy atom. The SMILES string of the molecule is O=C1C(=NCCN2CCCC2)CC(=O)c2sc(-c3ccco3)nc21. The van der Waals surface area contributed by atoms with Crippen LogP contribution in [0, 0.1) is 0 Å². The summed E-state index contributed by atoms with van der Waals surface area (Å²) < 4.78 is 5.31. The van der Waals surface area contributed by atoms with E-state index < -0.39 is 0 Å². The van der Waals surface area contributed by atoms with E-state index in [-0.39, 0.29) is 23.7 Å². The molecule has 0 amide bonds. The van der Waals surface area contributed by atoms with Crippen molar-refractivity contribution < 1.29 is 14.0 Å². The van der Waals surface area contributed by atoms with E-state index in [0.717, 1.165) is 19.6 Å². The van der Waals surface area contributed by atoms with E-state index in [1.807, 2.05) is 0 Å². The summed E-state index contributed by atoms with van der Waals surface area (Å²) >= 11 is 1.21. The lowest BCUT2D eigenvalue weighted by molar-refractivity contribution is 0.0966. The highest BCUT2D eigenvalue weighted by molar-refractivity contribution is 7.17. The maximum absolute atomic E-state index is 12.6. The lowest BCUT2D eigenvalue weighted by Gasteiger charge is -2.14. The molecular formula is C17H17N3O3S. The Labute approximate surface area is 143 Å². The van der Waals surface area contributed by atoms with Crippen LogP contribution in [0.5, 0.6) is 0 Å². The average molecular weight is 343 g/mol. The minimum absolute atomic E-state index is 0.0750. The van der Waals surface area contributed by atoms with Gasteiger partial charge < -0.3 is 9.32 Å². The molecule has 0 aromatic carbocycles. The van der Waals surface area contributed by atoms with Gasteiger partial charge in [-0.2, -0.15) is 0 Å². The summed E-state index contributed by atoms with van der Waals surface area (Å²) in [6.45, 7) is 3.59. The third-order valence-corrected chi connectivity index (χ3v) is 5.45. The van der Waals surface area contributed by atoms with Gasteiger partial charge in [0.25, 0.3) is 0 Å². The topological polar surface area (TPSA) is 75.8 Å². The number of hydrogen-bond donors (Lipinski definition) is 0. The number of aliphatic imine (C=N–C) groups is 1. The predicted octanol–water partition coefficient (Wildman–Crippen LogP) is 2.71. The molecule has 0 N–H and O–H groups in total.